The molecule has 226 valence electrons. The van der Waals surface area contributed by atoms with Crippen LogP contribution in [-0.2, 0) is 30.4 Å². The third-order valence-corrected chi connectivity index (χ3v) is 6.61. The van der Waals surface area contributed by atoms with Gasteiger partial charge in [0.05, 0.1) is 12.5 Å². The van der Waals surface area contributed by atoms with Crippen molar-refractivity contribution in [2.45, 2.75) is 75.5 Å². The maximum Gasteiger partial charge on any atom is 0.326 e. The van der Waals surface area contributed by atoms with Crippen LogP contribution in [0.5, 0.6) is 0 Å². The smallest absolute Gasteiger partial charge is 0.326 e. The van der Waals surface area contributed by atoms with E-state index in [1.54, 1.807) is 12.3 Å². The molecule has 0 saturated heterocycles. The molecule has 1 aromatic heterocycles. The summed E-state index contributed by atoms with van der Waals surface area (Å²) in [4.78, 5) is 65.6. The molecule has 0 saturated carbocycles. The highest BCUT2D eigenvalue weighted by molar-refractivity contribution is 5.96. The first-order valence-corrected chi connectivity index (χ1v) is 13.6. The number of nitrogens with two attached hydrogens (primary N) is 3. The van der Waals surface area contributed by atoms with E-state index in [9.17, 15) is 34.2 Å². The Hall–Kier alpha value is -4.01. The summed E-state index contributed by atoms with van der Waals surface area (Å²) >= 11 is 0. The highest BCUT2D eigenvalue weighted by Gasteiger charge is 2.32. The Morgan fingerprint density at radius 2 is 1.37 bits per heavy atom. The Morgan fingerprint density at radius 3 is 2.00 bits per heavy atom. The summed E-state index contributed by atoms with van der Waals surface area (Å²) in [6.07, 6.45) is 3.55. The number of aromatic amines is 1. The number of carbonyl (C=O) groups excluding carboxylic acids is 3. The van der Waals surface area contributed by atoms with Crippen LogP contribution in [0.25, 0.3) is 10.9 Å². The van der Waals surface area contributed by atoms with Gasteiger partial charge in [-0.15, -0.1) is 0 Å². The first-order valence-electron chi connectivity index (χ1n) is 13.6. The molecule has 0 spiro atoms. The average molecular weight is 576 g/mol. The third-order valence-electron chi connectivity index (χ3n) is 6.61. The Kier molecular flexibility index (Phi) is 13.7. The van der Waals surface area contributed by atoms with Crippen LogP contribution in [0.1, 0.15) is 50.5 Å². The van der Waals surface area contributed by atoms with E-state index >= 15 is 0 Å². The maximum atomic E-state index is 13.4. The van der Waals surface area contributed by atoms with Crippen LogP contribution in [0.15, 0.2) is 30.5 Å². The van der Waals surface area contributed by atoms with Crippen LogP contribution in [0.4, 0.5) is 0 Å². The van der Waals surface area contributed by atoms with Crippen molar-refractivity contribution in [2.75, 3.05) is 13.1 Å². The Bertz CT molecular complexity index is 1190. The topological polar surface area (TPSA) is 256 Å². The third kappa shape index (κ3) is 10.8. The molecule has 14 heteroatoms. The van der Waals surface area contributed by atoms with Crippen molar-refractivity contribution in [3.63, 3.8) is 0 Å². The molecule has 0 bridgehead atoms. The number of aromatic nitrogens is 1. The molecule has 0 aliphatic carbocycles. The summed E-state index contributed by atoms with van der Waals surface area (Å²) < 4.78 is 0. The molecule has 14 nitrogen and oxygen atoms in total. The molecular formula is C27H41N7O7. The lowest BCUT2D eigenvalue weighted by molar-refractivity contribution is -0.143. The maximum absolute atomic E-state index is 13.4. The molecular weight excluding hydrogens is 534 g/mol. The number of unbranched alkanes of at least 4 members (excludes halogenated alkanes) is 2. The number of aliphatic carboxylic acids is 2. The van der Waals surface area contributed by atoms with Gasteiger partial charge in [-0.05, 0) is 56.8 Å². The van der Waals surface area contributed by atoms with E-state index in [1.165, 1.54) is 0 Å². The minimum Gasteiger partial charge on any atom is -0.481 e. The molecule has 0 fully saturated rings. The second-order valence-corrected chi connectivity index (χ2v) is 9.86. The normalized spacial score (nSPS) is 14.0. The van der Waals surface area contributed by atoms with Gasteiger partial charge in [0.25, 0.3) is 0 Å². The van der Waals surface area contributed by atoms with Gasteiger partial charge in [0.2, 0.25) is 17.7 Å². The molecule has 2 rings (SSSR count). The highest BCUT2D eigenvalue weighted by atomic mass is 16.4. The second-order valence-electron chi connectivity index (χ2n) is 9.86. The van der Waals surface area contributed by atoms with Crippen LogP contribution < -0.4 is 33.2 Å². The minimum absolute atomic E-state index is 0.0386. The van der Waals surface area contributed by atoms with Crippen molar-refractivity contribution < 1.29 is 34.2 Å². The number of hydrogen-bond donors (Lipinski definition) is 9. The van der Waals surface area contributed by atoms with E-state index in [2.05, 4.69) is 20.9 Å². The van der Waals surface area contributed by atoms with Crippen molar-refractivity contribution in [1.29, 1.82) is 0 Å². The molecule has 12 N–H and O–H groups in total. The summed E-state index contributed by atoms with van der Waals surface area (Å²) in [7, 11) is 0. The zero-order chi connectivity index (χ0) is 30.4. The fraction of sp³-hybridized carbons (Fsp3) is 0.519. The predicted octanol–water partition coefficient (Wildman–Crippen LogP) is -0.691. The van der Waals surface area contributed by atoms with Gasteiger partial charge in [-0.1, -0.05) is 24.6 Å². The summed E-state index contributed by atoms with van der Waals surface area (Å²) in [5.41, 5.74) is 18.3. The number of rotatable bonds is 19. The Labute approximate surface area is 237 Å². The predicted molar refractivity (Wildman–Crippen MR) is 151 cm³/mol. The summed E-state index contributed by atoms with van der Waals surface area (Å²) in [5.74, 6) is -5.02. The Balaban J connectivity index is 2.27. The van der Waals surface area contributed by atoms with Crippen molar-refractivity contribution in [1.82, 2.24) is 20.9 Å². The SMILES string of the molecule is NCCCCC(N)C(=O)NC(CC(=O)O)C(=O)NC(Cc1c[nH]c2ccccc12)C(=O)NC(CCCCN)C(=O)O. The number of benzene rings is 1. The number of H-pyrrole nitrogens is 1. The largest absolute Gasteiger partial charge is 0.481 e. The van der Waals surface area contributed by atoms with Crippen molar-refractivity contribution in [3.05, 3.63) is 36.0 Å². The molecule has 4 unspecified atom stereocenters. The van der Waals surface area contributed by atoms with Gasteiger partial charge in [-0.3, -0.25) is 19.2 Å². The first-order chi connectivity index (χ1) is 19.6. The number of amides is 3. The van der Waals surface area contributed by atoms with Gasteiger partial charge >= 0.3 is 11.9 Å². The van der Waals surface area contributed by atoms with Crippen LogP contribution in [0.3, 0.4) is 0 Å². The number of nitrogens with one attached hydrogen (secondary N) is 4. The van der Waals surface area contributed by atoms with Crippen molar-refractivity contribution >= 4 is 40.6 Å². The quantitative estimate of drug-likeness (QED) is 0.0952. The molecule has 0 aliphatic rings. The fourth-order valence-corrected chi connectivity index (χ4v) is 4.33. The fourth-order valence-electron chi connectivity index (χ4n) is 4.33. The first kappa shape index (κ1) is 33.2. The standard InChI is InChI=1S/C27H41N7O7/c28-11-5-3-8-18(30)24(37)33-22(14-23(35)36)26(39)34-21(13-16-15-31-19-9-2-1-7-17(16)19)25(38)32-20(27(40)41)10-4-6-12-29/h1-2,7,9,15,18,20-22,31H,3-6,8,10-14,28-30H2,(H,32,38)(H,33,37)(H,34,39)(H,35,36)(H,40,41). The zero-order valence-electron chi connectivity index (χ0n) is 22.9. The van der Waals surface area contributed by atoms with Gasteiger partial charge in [0.1, 0.15) is 18.1 Å². The van der Waals surface area contributed by atoms with E-state index in [4.69, 9.17) is 17.2 Å². The summed E-state index contributed by atoms with van der Waals surface area (Å²) in [5, 5.41) is 27.2. The molecule has 2 aromatic rings. The number of hydrogen-bond acceptors (Lipinski definition) is 8. The van der Waals surface area contributed by atoms with Gasteiger partial charge in [0.15, 0.2) is 0 Å². The Morgan fingerprint density at radius 1 is 0.780 bits per heavy atom. The molecule has 3 amide bonds. The molecule has 1 heterocycles. The number of para-hydroxylation sites is 1. The van der Waals surface area contributed by atoms with E-state index < -0.39 is 60.2 Å². The van der Waals surface area contributed by atoms with Gasteiger partial charge in [-0.2, -0.15) is 0 Å². The van der Waals surface area contributed by atoms with E-state index in [0.29, 0.717) is 44.3 Å². The monoisotopic (exact) mass is 575 g/mol. The van der Waals surface area contributed by atoms with Crippen LogP contribution in [0.2, 0.25) is 0 Å². The number of carboxylic acids is 2. The van der Waals surface area contributed by atoms with Gasteiger partial charge < -0.3 is 48.3 Å². The van der Waals surface area contributed by atoms with Gasteiger partial charge in [-0.25, -0.2) is 4.79 Å². The summed E-state index contributed by atoms with van der Waals surface area (Å²) in [6.45, 7) is 0.793. The molecule has 0 radical (unpaired) electrons. The lowest BCUT2D eigenvalue weighted by atomic mass is 10.0. The average Bonchev–Trinajstić information content (AvgIpc) is 3.34. The molecule has 4 atom stereocenters. The van der Waals surface area contributed by atoms with E-state index in [0.717, 1.165) is 10.9 Å². The molecule has 0 aliphatic heterocycles. The van der Waals surface area contributed by atoms with Crippen molar-refractivity contribution in [2.24, 2.45) is 17.2 Å². The second kappa shape index (κ2) is 16.9. The lowest BCUT2D eigenvalue weighted by Gasteiger charge is -2.25. The van der Waals surface area contributed by atoms with Crippen molar-refractivity contribution in [3.8, 4) is 0 Å². The zero-order valence-corrected chi connectivity index (χ0v) is 22.9. The molecule has 1 aromatic carbocycles. The highest BCUT2D eigenvalue weighted by Crippen LogP contribution is 2.19. The molecule has 41 heavy (non-hydrogen) atoms. The van der Waals surface area contributed by atoms with Crippen LogP contribution >= 0.6 is 0 Å². The minimum atomic E-state index is -1.53. The van der Waals surface area contributed by atoms with Crippen LogP contribution in [0, 0.1) is 0 Å². The number of carbonyl (C=O) groups is 5. The van der Waals surface area contributed by atoms with E-state index in [1.807, 2.05) is 18.2 Å². The summed E-state index contributed by atoms with van der Waals surface area (Å²) in [6, 6.07) is 2.26. The van der Waals surface area contributed by atoms with Crippen LogP contribution in [-0.4, -0.2) is 82.1 Å². The van der Waals surface area contributed by atoms with E-state index in [-0.39, 0.29) is 19.3 Å². The lowest BCUT2D eigenvalue weighted by Crippen LogP contribution is -2.58. The number of carboxylic acid groups (broad SMARTS) is 2. The van der Waals surface area contributed by atoms with Gasteiger partial charge in [0, 0.05) is 23.5 Å². The number of fused-ring (bicyclic) bond motifs is 1.